The molecule has 1 unspecified atom stereocenters. The highest BCUT2D eigenvalue weighted by Gasteiger charge is 2.23. The normalized spacial score (nSPS) is 13.5. The van der Waals surface area contributed by atoms with Crippen molar-refractivity contribution in [2.75, 3.05) is 6.61 Å². The van der Waals surface area contributed by atoms with Crippen molar-refractivity contribution in [3.8, 4) is 5.88 Å². The lowest BCUT2D eigenvalue weighted by atomic mass is 9.89. The van der Waals surface area contributed by atoms with Gasteiger partial charge in [0, 0.05) is 18.0 Å². The molecular formula is C13H21ClN2O. The van der Waals surface area contributed by atoms with Gasteiger partial charge in [-0.2, -0.15) is 0 Å². The monoisotopic (exact) mass is 256 g/mol. The lowest BCUT2D eigenvalue weighted by Crippen LogP contribution is -2.23. The molecule has 1 rings (SSSR count). The molecule has 0 aromatic carbocycles. The number of nitrogens with zero attached hydrogens (tertiary/aromatic N) is 2. The van der Waals surface area contributed by atoms with E-state index in [4.69, 9.17) is 16.3 Å². The summed E-state index contributed by atoms with van der Waals surface area (Å²) in [5, 5.41) is 0.0400. The minimum atomic E-state index is 0.0400. The molecule has 1 aromatic rings. The summed E-state index contributed by atoms with van der Waals surface area (Å²) < 4.78 is 5.45. The highest BCUT2D eigenvalue weighted by Crippen LogP contribution is 2.27. The largest absolute Gasteiger partial charge is 0.477 e. The molecule has 1 aromatic heterocycles. The van der Waals surface area contributed by atoms with Gasteiger partial charge in [0.1, 0.15) is 0 Å². The van der Waals surface area contributed by atoms with Gasteiger partial charge in [-0.3, -0.25) is 4.98 Å². The summed E-state index contributed by atoms with van der Waals surface area (Å²) in [5.74, 6) is 0.585. The van der Waals surface area contributed by atoms with Crippen molar-refractivity contribution in [1.82, 2.24) is 9.97 Å². The Morgan fingerprint density at radius 2 is 2.06 bits per heavy atom. The van der Waals surface area contributed by atoms with Gasteiger partial charge < -0.3 is 4.74 Å². The molecule has 17 heavy (non-hydrogen) atoms. The Hall–Kier alpha value is -0.830. The van der Waals surface area contributed by atoms with Crippen LogP contribution in [0.4, 0.5) is 0 Å². The molecule has 3 nitrogen and oxygen atoms in total. The summed E-state index contributed by atoms with van der Waals surface area (Å²) >= 11 is 6.34. The van der Waals surface area contributed by atoms with Crippen molar-refractivity contribution < 1.29 is 4.74 Å². The number of alkyl halides is 1. The summed E-state index contributed by atoms with van der Waals surface area (Å²) in [4.78, 5) is 8.52. The molecule has 0 spiro atoms. The predicted octanol–water partition coefficient (Wildman–Crippen LogP) is 3.46. The van der Waals surface area contributed by atoms with Crippen LogP contribution in [0.25, 0.3) is 0 Å². The standard InChI is InChI=1S/C13H21ClN2O/c1-5-6-17-12-9-15-8-10(16-12)7-11(14)13(2,3)4/h8-9,11H,5-7H2,1-4H3. The highest BCUT2D eigenvalue weighted by atomic mass is 35.5. The van der Waals surface area contributed by atoms with Gasteiger partial charge in [0.25, 0.3) is 0 Å². The fraction of sp³-hybridized carbons (Fsp3) is 0.692. The van der Waals surface area contributed by atoms with E-state index in [1.54, 1.807) is 12.4 Å². The Morgan fingerprint density at radius 3 is 2.65 bits per heavy atom. The number of ether oxygens (including phenoxy) is 1. The first kappa shape index (κ1) is 14.2. The highest BCUT2D eigenvalue weighted by molar-refractivity contribution is 6.21. The van der Waals surface area contributed by atoms with Crippen molar-refractivity contribution >= 4 is 11.6 Å². The Labute approximate surface area is 109 Å². The lowest BCUT2D eigenvalue weighted by molar-refractivity contribution is 0.302. The lowest BCUT2D eigenvalue weighted by Gasteiger charge is -2.24. The van der Waals surface area contributed by atoms with Crippen LogP contribution in [-0.4, -0.2) is 22.0 Å². The van der Waals surface area contributed by atoms with Gasteiger partial charge in [-0.05, 0) is 11.8 Å². The molecule has 0 bridgehead atoms. The molecule has 1 atom stereocenters. The van der Waals surface area contributed by atoms with Gasteiger partial charge in [0.05, 0.1) is 18.5 Å². The van der Waals surface area contributed by atoms with E-state index in [1.807, 2.05) is 0 Å². The first-order valence-corrected chi connectivity index (χ1v) is 6.45. The van der Waals surface area contributed by atoms with Crippen molar-refractivity contribution in [2.45, 2.75) is 45.9 Å². The van der Waals surface area contributed by atoms with E-state index in [9.17, 15) is 0 Å². The van der Waals surface area contributed by atoms with Crippen molar-refractivity contribution in [2.24, 2.45) is 5.41 Å². The third-order valence-corrected chi connectivity index (χ3v) is 3.25. The van der Waals surface area contributed by atoms with Crippen molar-refractivity contribution in [1.29, 1.82) is 0 Å². The van der Waals surface area contributed by atoms with E-state index in [0.717, 1.165) is 12.1 Å². The third-order valence-electron chi connectivity index (χ3n) is 2.44. The molecule has 0 saturated carbocycles. The van der Waals surface area contributed by atoms with E-state index in [2.05, 4.69) is 37.7 Å². The van der Waals surface area contributed by atoms with Crippen LogP contribution in [0.5, 0.6) is 5.88 Å². The van der Waals surface area contributed by atoms with E-state index in [1.165, 1.54) is 0 Å². The zero-order valence-corrected chi connectivity index (χ0v) is 11.8. The second-order valence-electron chi connectivity index (χ2n) is 5.23. The number of hydrogen-bond donors (Lipinski definition) is 0. The van der Waals surface area contributed by atoms with Crippen LogP contribution in [0.1, 0.15) is 39.8 Å². The summed E-state index contributed by atoms with van der Waals surface area (Å²) in [6, 6.07) is 0. The molecular weight excluding hydrogens is 236 g/mol. The smallest absolute Gasteiger partial charge is 0.232 e. The molecule has 0 aliphatic heterocycles. The van der Waals surface area contributed by atoms with E-state index >= 15 is 0 Å². The first-order valence-electron chi connectivity index (χ1n) is 6.01. The van der Waals surface area contributed by atoms with Gasteiger partial charge in [0.2, 0.25) is 5.88 Å². The predicted molar refractivity (Wildman–Crippen MR) is 70.6 cm³/mol. The zero-order valence-electron chi connectivity index (χ0n) is 11.0. The molecule has 0 fully saturated rings. The minimum absolute atomic E-state index is 0.0400. The van der Waals surface area contributed by atoms with Crippen LogP contribution in [-0.2, 0) is 6.42 Å². The van der Waals surface area contributed by atoms with Gasteiger partial charge in [-0.15, -0.1) is 11.6 Å². The van der Waals surface area contributed by atoms with Crippen molar-refractivity contribution in [3.05, 3.63) is 18.1 Å². The number of hydrogen-bond acceptors (Lipinski definition) is 3. The van der Waals surface area contributed by atoms with Gasteiger partial charge in [-0.1, -0.05) is 27.7 Å². The second kappa shape index (κ2) is 6.20. The number of halogens is 1. The summed E-state index contributed by atoms with van der Waals surface area (Å²) in [5.41, 5.74) is 0.942. The van der Waals surface area contributed by atoms with Crippen LogP contribution in [0.2, 0.25) is 0 Å². The van der Waals surface area contributed by atoms with E-state index in [-0.39, 0.29) is 10.8 Å². The molecule has 0 N–H and O–H groups in total. The van der Waals surface area contributed by atoms with Crippen molar-refractivity contribution in [3.63, 3.8) is 0 Å². The zero-order chi connectivity index (χ0) is 12.9. The maximum atomic E-state index is 6.34. The quantitative estimate of drug-likeness (QED) is 0.757. The topological polar surface area (TPSA) is 35.0 Å². The fourth-order valence-electron chi connectivity index (χ4n) is 1.25. The Morgan fingerprint density at radius 1 is 1.35 bits per heavy atom. The van der Waals surface area contributed by atoms with E-state index in [0.29, 0.717) is 18.9 Å². The molecule has 0 radical (unpaired) electrons. The van der Waals surface area contributed by atoms with Gasteiger partial charge >= 0.3 is 0 Å². The maximum Gasteiger partial charge on any atom is 0.232 e. The molecule has 4 heteroatoms. The van der Waals surface area contributed by atoms with Crippen LogP contribution in [0, 0.1) is 5.41 Å². The Bertz CT molecular complexity index is 350. The van der Waals surface area contributed by atoms with Crippen LogP contribution < -0.4 is 4.74 Å². The number of rotatable bonds is 5. The van der Waals surface area contributed by atoms with Gasteiger partial charge in [0.15, 0.2) is 0 Å². The first-order chi connectivity index (χ1) is 7.93. The molecule has 96 valence electrons. The SMILES string of the molecule is CCCOc1cncc(CC(Cl)C(C)(C)C)n1. The van der Waals surface area contributed by atoms with Crippen LogP contribution in [0.15, 0.2) is 12.4 Å². The fourth-order valence-corrected chi connectivity index (χ4v) is 1.41. The summed E-state index contributed by atoms with van der Waals surface area (Å²) in [6.45, 7) is 9.09. The molecule has 1 heterocycles. The summed E-state index contributed by atoms with van der Waals surface area (Å²) in [6.07, 6.45) is 5.06. The Balaban J connectivity index is 2.65. The number of aromatic nitrogens is 2. The van der Waals surface area contributed by atoms with Crippen LogP contribution in [0.3, 0.4) is 0 Å². The maximum absolute atomic E-state index is 6.34. The van der Waals surface area contributed by atoms with Crippen LogP contribution >= 0.6 is 11.6 Å². The Kier molecular flexibility index (Phi) is 5.19. The average Bonchev–Trinajstić information content (AvgIpc) is 2.25. The molecule has 0 saturated heterocycles. The second-order valence-corrected chi connectivity index (χ2v) is 5.76. The third kappa shape index (κ3) is 4.90. The average molecular weight is 257 g/mol. The molecule has 0 aliphatic carbocycles. The molecule has 0 amide bonds. The molecule has 0 aliphatic rings. The van der Waals surface area contributed by atoms with Gasteiger partial charge in [-0.25, -0.2) is 4.98 Å². The summed E-state index contributed by atoms with van der Waals surface area (Å²) in [7, 11) is 0. The van der Waals surface area contributed by atoms with E-state index < -0.39 is 0 Å². The minimum Gasteiger partial charge on any atom is -0.477 e.